The first-order valence-electron chi connectivity index (χ1n) is 11.5. The van der Waals surface area contributed by atoms with E-state index in [1.165, 1.54) is 33.4 Å². The Labute approximate surface area is 201 Å². The molecule has 2 aromatic heterocycles. The summed E-state index contributed by atoms with van der Waals surface area (Å²) in [6.07, 6.45) is 4.42. The van der Waals surface area contributed by atoms with Crippen LogP contribution in [0.4, 0.5) is 14.6 Å². The van der Waals surface area contributed by atoms with E-state index in [2.05, 4.69) is 15.4 Å². The maximum Gasteiger partial charge on any atom is 0.256 e. The number of carbonyl (C=O) groups excluding carboxylic acids is 1. The number of anilines is 1. The van der Waals surface area contributed by atoms with Gasteiger partial charge in [-0.1, -0.05) is 12.1 Å². The van der Waals surface area contributed by atoms with E-state index in [0.29, 0.717) is 43.0 Å². The number of nitrogens with one attached hydrogen (secondary N) is 1. The summed E-state index contributed by atoms with van der Waals surface area (Å²) in [5.74, 6) is -0.262. The van der Waals surface area contributed by atoms with E-state index in [0.717, 1.165) is 0 Å². The second-order valence-electron chi connectivity index (χ2n) is 9.08. The lowest BCUT2D eigenvalue weighted by Crippen LogP contribution is -2.46. The maximum absolute atomic E-state index is 14.4. The van der Waals surface area contributed by atoms with Gasteiger partial charge in [0, 0.05) is 31.7 Å². The van der Waals surface area contributed by atoms with Crippen molar-refractivity contribution in [2.75, 3.05) is 30.8 Å². The summed E-state index contributed by atoms with van der Waals surface area (Å²) in [5, 5.41) is 7.17. The minimum atomic E-state index is -3.25. The molecule has 3 aromatic rings. The molecule has 2 atom stereocenters. The number of carbonyl (C=O) groups is 1. The van der Waals surface area contributed by atoms with Crippen LogP contribution in [0.5, 0.6) is 0 Å². The van der Waals surface area contributed by atoms with Crippen LogP contribution in [0.3, 0.4) is 0 Å². The van der Waals surface area contributed by atoms with Gasteiger partial charge >= 0.3 is 0 Å². The van der Waals surface area contributed by atoms with E-state index in [1.54, 1.807) is 29.3 Å². The van der Waals surface area contributed by atoms with Gasteiger partial charge in [0.05, 0.1) is 25.0 Å². The van der Waals surface area contributed by atoms with E-state index >= 15 is 0 Å². The first kappa shape index (κ1) is 23.6. The van der Waals surface area contributed by atoms with Crippen LogP contribution in [0.2, 0.25) is 0 Å². The monoisotopic (exact) mass is 504 g/mol. The van der Waals surface area contributed by atoms with Gasteiger partial charge in [0.25, 0.3) is 5.91 Å². The Hall–Kier alpha value is -3.12. The topological polar surface area (TPSA) is 99.9 Å². The molecule has 5 rings (SSSR count). The molecule has 0 radical (unpaired) electrons. The molecule has 4 heterocycles. The van der Waals surface area contributed by atoms with Gasteiger partial charge < -0.3 is 10.2 Å². The highest BCUT2D eigenvalue weighted by atomic mass is 32.2. The van der Waals surface area contributed by atoms with E-state index < -0.39 is 16.2 Å². The number of halogens is 2. The fourth-order valence-electron chi connectivity index (χ4n) is 4.84. The third kappa shape index (κ3) is 4.85. The number of rotatable bonds is 5. The number of nitrogens with zero attached hydrogens (tertiary/aromatic N) is 5. The van der Waals surface area contributed by atoms with E-state index in [1.807, 2.05) is 0 Å². The molecule has 186 valence electrons. The highest BCUT2D eigenvalue weighted by Crippen LogP contribution is 2.37. The Morgan fingerprint density at radius 1 is 1.20 bits per heavy atom. The molecule has 35 heavy (non-hydrogen) atoms. The van der Waals surface area contributed by atoms with Gasteiger partial charge in [-0.3, -0.25) is 4.79 Å². The number of benzene rings is 1. The molecule has 2 unspecified atom stereocenters. The molecule has 0 bridgehead atoms. The first-order valence-corrected chi connectivity index (χ1v) is 13.3. The summed E-state index contributed by atoms with van der Waals surface area (Å²) in [6, 6.07) is 7.28. The van der Waals surface area contributed by atoms with Crippen LogP contribution in [0, 0.1) is 5.82 Å². The zero-order valence-electron chi connectivity index (χ0n) is 19.1. The minimum Gasteiger partial charge on any atom is -0.349 e. The summed E-state index contributed by atoms with van der Waals surface area (Å²) >= 11 is 0. The lowest BCUT2D eigenvalue weighted by Gasteiger charge is -2.30. The van der Waals surface area contributed by atoms with Crippen molar-refractivity contribution in [2.24, 2.45) is 0 Å². The molecular weight excluding hydrogens is 478 g/mol. The predicted molar refractivity (Wildman–Crippen MR) is 126 cm³/mol. The van der Waals surface area contributed by atoms with Crippen LogP contribution >= 0.6 is 0 Å². The van der Waals surface area contributed by atoms with Crippen molar-refractivity contribution in [2.45, 2.75) is 37.5 Å². The second kappa shape index (κ2) is 9.15. The van der Waals surface area contributed by atoms with Gasteiger partial charge in [0.2, 0.25) is 10.0 Å². The fourth-order valence-corrected chi connectivity index (χ4v) is 5.72. The molecule has 12 heteroatoms. The van der Waals surface area contributed by atoms with Crippen molar-refractivity contribution in [1.29, 1.82) is 0 Å². The number of alkyl halides is 1. The van der Waals surface area contributed by atoms with E-state index in [-0.39, 0.29) is 42.3 Å². The first-order chi connectivity index (χ1) is 16.7. The molecule has 0 saturated carbocycles. The normalized spacial score (nSPS) is 22.1. The van der Waals surface area contributed by atoms with Crippen LogP contribution in [0.1, 0.15) is 41.2 Å². The van der Waals surface area contributed by atoms with Crippen LogP contribution in [0.25, 0.3) is 5.65 Å². The van der Waals surface area contributed by atoms with Crippen molar-refractivity contribution < 1.29 is 22.0 Å². The standard InChI is InChI=1S/C23H26F2N6O3S/c1-35(33,34)29-8-5-18(6-9-29)27-23(32)19-13-26-31-10-7-21(28-22(19)31)30-14-17(25)12-20(30)15-3-2-4-16(24)11-15/h2-4,7,10-11,13,17-18,20H,5-6,8-9,12,14H2,1H3,(H,27,32). The fraction of sp³-hybridized carbons (Fsp3) is 0.435. The Kier molecular flexibility index (Phi) is 6.18. The lowest BCUT2D eigenvalue weighted by atomic mass is 10.0. The number of fused-ring (bicyclic) bond motifs is 1. The quantitative estimate of drug-likeness (QED) is 0.573. The Morgan fingerprint density at radius 2 is 1.97 bits per heavy atom. The molecular formula is C23H26F2N6O3S. The molecule has 1 amide bonds. The second-order valence-corrected chi connectivity index (χ2v) is 11.1. The average Bonchev–Trinajstić information content (AvgIpc) is 3.42. The summed E-state index contributed by atoms with van der Waals surface area (Å²) in [7, 11) is -3.25. The van der Waals surface area contributed by atoms with Crippen molar-refractivity contribution in [3.05, 3.63) is 59.7 Å². The third-order valence-electron chi connectivity index (χ3n) is 6.63. The van der Waals surface area contributed by atoms with E-state index in [9.17, 15) is 22.0 Å². The molecule has 0 spiro atoms. The van der Waals surface area contributed by atoms with Gasteiger partial charge in [0.1, 0.15) is 23.4 Å². The molecule has 2 saturated heterocycles. The summed E-state index contributed by atoms with van der Waals surface area (Å²) in [4.78, 5) is 19.4. The SMILES string of the molecule is CS(=O)(=O)N1CCC(NC(=O)c2cnn3ccc(N4CC(F)CC4c4cccc(F)c4)nc23)CC1. The van der Waals surface area contributed by atoms with Crippen LogP contribution in [0.15, 0.2) is 42.7 Å². The summed E-state index contributed by atoms with van der Waals surface area (Å²) in [5.41, 5.74) is 1.27. The lowest BCUT2D eigenvalue weighted by molar-refractivity contribution is 0.0925. The Morgan fingerprint density at radius 3 is 2.69 bits per heavy atom. The number of hydrogen-bond acceptors (Lipinski definition) is 6. The highest BCUT2D eigenvalue weighted by molar-refractivity contribution is 7.88. The number of piperidine rings is 1. The van der Waals surface area contributed by atoms with Crippen LogP contribution in [-0.2, 0) is 10.0 Å². The molecule has 1 aromatic carbocycles. The number of hydrogen-bond donors (Lipinski definition) is 1. The number of aromatic nitrogens is 3. The number of sulfonamides is 1. The van der Waals surface area contributed by atoms with E-state index in [4.69, 9.17) is 0 Å². The van der Waals surface area contributed by atoms with Crippen molar-refractivity contribution in [1.82, 2.24) is 24.2 Å². The van der Waals surface area contributed by atoms with Crippen LogP contribution < -0.4 is 10.2 Å². The van der Waals surface area contributed by atoms with Crippen molar-refractivity contribution in [3.63, 3.8) is 0 Å². The van der Waals surface area contributed by atoms with Crippen molar-refractivity contribution >= 4 is 27.4 Å². The summed E-state index contributed by atoms with van der Waals surface area (Å²) in [6.45, 7) is 0.808. The zero-order valence-corrected chi connectivity index (χ0v) is 20.0. The van der Waals surface area contributed by atoms with Gasteiger partial charge in [-0.05, 0) is 36.6 Å². The smallest absolute Gasteiger partial charge is 0.256 e. The van der Waals surface area contributed by atoms with Crippen molar-refractivity contribution in [3.8, 4) is 0 Å². The molecule has 1 N–H and O–H groups in total. The molecule has 2 fully saturated rings. The van der Waals surface area contributed by atoms with Gasteiger partial charge in [-0.2, -0.15) is 5.10 Å². The Bertz CT molecular complexity index is 1360. The molecule has 9 nitrogen and oxygen atoms in total. The Balaban J connectivity index is 1.36. The van der Waals surface area contributed by atoms with Gasteiger partial charge in [-0.25, -0.2) is 31.0 Å². The third-order valence-corrected chi connectivity index (χ3v) is 7.94. The summed E-state index contributed by atoms with van der Waals surface area (Å²) < 4.78 is 54.6. The highest BCUT2D eigenvalue weighted by Gasteiger charge is 2.35. The molecule has 2 aliphatic rings. The van der Waals surface area contributed by atoms with Crippen LogP contribution in [-0.4, -0.2) is 71.3 Å². The molecule has 2 aliphatic heterocycles. The largest absolute Gasteiger partial charge is 0.349 e. The number of amides is 1. The molecule has 0 aliphatic carbocycles. The maximum atomic E-state index is 14.4. The predicted octanol–water partition coefficient (Wildman–Crippen LogP) is 2.31. The van der Waals surface area contributed by atoms with Gasteiger partial charge in [-0.15, -0.1) is 0 Å². The zero-order chi connectivity index (χ0) is 24.7. The minimum absolute atomic E-state index is 0.110. The average molecular weight is 505 g/mol. The van der Waals surface area contributed by atoms with Gasteiger partial charge in [0.15, 0.2) is 5.65 Å².